The number of rotatable bonds is 6. The van der Waals surface area contributed by atoms with Gasteiger partial charge in [0.15, 0.2) is 6.29 Å². The maximum Gasteiger partial charge on any atom is 0.161 e. The Bertz CT molecular complexity index is 406. The smallest absolute Gasteiger partial charge is 0.161 e. The van der Waals surface area contributed by atoms with Crippen LogP contribution in [-0.4, -0.2) is 36.3 Å². The Balaban J connectivity index is 1.86. The Morgan fingerprint density at radius 1 is 1.35 bits per heavy atom. The number of benzene rings is 1. The summed E-state index contributed by atoms with van der Waals surface area (Å²) >= 11 is 0. The van der Waals surface area contributed by atoms with Crippen molar-refractivity contribution >= 4 is 0 Å². The van der Waals surface area contributed by atoms with E-state index in [4.69, 9.17) is 14.2 Å². The van der Waals surface area contributed by atoms with E-state index in [1.165, 1.54) is 0 Å². The summed E-state index contributed by atoms with van der Waals surface area (Å²) in [6.45, 7) is 6.35. The molecule has 0 unspecified atom stereocenters. The summed E-state index contributed by atoms with van der Waals surface area (Å²) in [5, 5.41) is 10.0. The van der Waals surface area contributed by atoms with E-state index in [2.05, 4.69) is 6.58 Å². The van der Waals surface area contributed by atoms with Gasteiger partial charge in [0, 0.05) is 6.42 Å². The maximum absolute atomic E-state index is 10.0. The second-order valence-electron chi connectivity index (χ2n) is 4.95. The molecular weight excluding hydrogens is 256 g/mol. The van der Waals surface area contributed by atoms with Crippen molar-refractivity contribution in [3.63, 3.8) is 0 Å². The molecule has 1 aromatic rings. The molecule has 1 heterocycles. The monoisotopic (exact) mass is 278 g/mol. The van der Waals surface area contributed by atoms with Gasteiger partial charge in [-0.3, -0.25) is 0 Å². The van der Waals surface area contributed by atoms with Gasteiger partial charge in [-0.1, -0.05) is 36.4 Å². The van der Waals surface area contributed by atoms with E-state index in [0.717, 1.165) is 5.56 Å². The molecule has 1 aliphatic heterocycles. The Morgan fingerprint density at radius 3 is 2.80 bits per heavy atom. The summed E-state index contributed by atoms with van der Waals surface area (Å²) in [6, 6.07) is 9.93. The van der Waals surface area contributed by atoms with Gasteiger partial charge in [-0.05, 0) is 12.5 Å². The molecule has 4 heteroatoms. The predicted molar refractivity (Wildman–Crippen MR) is 76.1 cm³/mol. The fraction of sp³-hybridized carbons (Fsp3) is 0.500. The highest BCUT2D eigenvalue weighted by atomic mass is 16.7. The summed E-state index contributed by atoms with van der Waals surface area (Å²) in [7, 11) is 0. The lowest BCUT2D eigenvalue weighted by atomic mass is 10.0. The van der Waals surface area contributed by atoms with Crippen LogP contribution in [0.25, 0.3) is 0 Å². The maximum atomic E-state index is 10.0. The first-order chi connectivity index (χ1) is 9.70. The summed E-state index contributed by atoms with van der Waals surface area (Å²) in [6.07, 6.45) is 0.616. The summed E-state index contributed by atoms with van der Waals surface area (Å²) in [5.41, 5.74) is 1.10. The highest BCUT2D eigenvalue weighted by molar-refractivity contribution is 5.13. The lowest BCUT2D eigenvalue weighted by Gasteiger charge is -2.37. The van der Waals surface area contributed by atoms with E-state index < -0.39 is 6.10 Å². The van der Waals surface area contributed by atoms with Gasteiger partial charge in [0.1, 0.15) is 6.10 Å². The quantitative estimate of drug-likeness (QED) is 0.811. The van der Waals surface area contributed by atoms with Crippen LogP contribution < -0.4 is 0 Å². The summed E-state index contributed by atoms with van der Waals surface area (Å²) in [4.78, 5) is 0. The molecule has 4 atom stereocenters. The van der Waals surface area contributed by atoms with Crippen molar-refractivity contribution in [1.82, 2.24) is 0 Å². The lowest BCUT2D eigenvalue weighted by molar-refractivity contribution is -0.255. The van der Waals surface area contributed by atoms with Crippen LogP contribution in [0.15, 0.2) is 43.0 Å². The third-order valence-corrected chi connectivity index (χ3v) is 3.36. The van der Waals surface area contributed by atoms with Crippen LogP contribution in [-0.2, 0) is 20.8 Å². The molecular formula is C16H22O4. The molecule has 4 nitrogen and oxygen atoms in total. The van der Waals surface area contributed by atoms with Crippen LogP contribution in [0, 0.1) is 0 Å². The Hall–Kier alpha value is -1.20. The molecule has 0 amide bonds. The molecule has 0 aromatic heterocycles. The first-order valence-electron chi connectivity index (χ1n) is 6.92. The molecule has 1 aliphatic rings. The second kappa shape index (κ2) is 7.55. The largest absolute Gasteiger partial charge is 0.388 e. The molecule has 0 aliphatic carbocycles. The molecule has 2 rings (SSSR count). The molecule has 1 N–H and O–H groups in total. The van der Waals surface area contributed by atoms with Gasteiger partial charge in [-0.15, -0.1) is 6.58 Å². The highest BCUT2D eigenvalue weighted by Crippen LogP contribution is 2.24. The van der Waals surface area contributed by atoms with Crippen LogP contribution in [0.4, 0.5) is 0 Å². The van der Waals surface area contributed by atoms with Crippen LogP contribution >= 0.6 is 0 Å². The molecule has 1 fully saturated rings. The van der Waals surface area contributed by atoms with Gasteiger partial charge in [0.25, 0.3) is 0 Å². The molecule has 0 bridgehead atoms. The van der Waals surface area contributed by atoms with Gasteiger partial charge in [-0.2, -0.15) is 0 Å². The molecule has 110 valence electrons. The molecule has 20 heavy (non-hydrogen) atoms. The summed E-state index contributed by atoms with van der Waals surface area (Å²) in [5.74, 6) is 0. The Labute approximate surface area is 120 Å². The van der Waals surface area contributed by atoms with Crippen LogP contribution in [0.5, 0.6) is 0 Å². The van der Waals surface area contributed by atoms with Gasteiger partial charge >= 0.3 is 0 Å². The molecule has 0 spiro atoms. The van der Waals surface area contributed by atoms with Crippen molar-refractivity contribution in [3.8, 4) is 0 Å². The van der Waals surface area contributed by atoms with Crippen molar-refractivity contribution in [2.75, 3.05) is 6.61 Å². The summed E-state index contributed by atoms with van der Waals surface area (Å²) < 4.78 is 17.0. The van der Waals surface area contributed by atoms with Crippen molar-refractivity contribution in [2.24, 2.45) is 0 Å². The highest BCUT2D eigenvalue weighted by Gasteiger charge is 2.36. The zero-order valence-electron chi connectivity index (χ0n) is 11.8. The van der Waals surface area contributed by atoms with Gasteiger partial charge in [0.2, 0.25) is 0 Å². The normalized spacial score (nSPS) is 30.1. The minimum atomic E-state index is -0.633. The lowest BCUT2D eigenvalue weighted by Crippen LogP contribution is -2.48. The van der Waals surface area contributed by atoms with Gasteiger partial charge < -0.3 is 19.3 Å². The van der Waals surface area contributed by atoms with E-state index in [1.54, 1.807) is 6.08 Å². The fourth-order valence-electron chi connectivity index (χ4n) is 2.24. The molecule has 0 saturated carbocycles. The predicted octanol–water partition coefficient (Wildman–Crippen LogP) is 2.27. The van der Waals surface area contributed by atoms with Crippen LogP contribution in [0.3, 0.4) is 0 Å². The van der Waals surface area contributed by atoms with E-state index >= 15 is 0 Å². The standard InChI is InChI=1S/C16H22O4/c1-3-9-18-14-10-15(20-12(2)16(14)17)19-11-13-7-5-4-6-8-13/h3-8,12,14-17H,1,9-11H2,2H3/t12-,14+,15+,16-/m0/s1. The average molecular weight is 278 g/mol. The second-order valence-corrected chi connectivity index (χ2v) is 4.95. The SMILES string of the molecule is C=CCO[C@@H]1C[C@H](OCc2ccccc2)O[C@@H](C)[C@@H]1O. The number of hydrogen-bond donors (Lipinski definition) is 1. The minimum Gasteiger partial charge on any atom is -0.388 e. The third kappa shape index (κ3) is 4.15. The first kappa shape index (κ1) is 15.2. The molecule has 0 radical (unpaired) electrons. The first-order valence-corrected chi connectivity index (χ1v) is 6.92. The van der Waals surface area contributed by atoms with Crippen LogP contribution in [0.1, 0.15) is 18.9 Å². The van der Waals surface area contributed by atoms with Gasteiger partial charge in [-0.25, -0.2) is 0 Å². The zero-order valence-corrected chi connectivity index (χ0v) is 11.8. The number of hydrogen-bond acceptors (Lipinski definition) is 4. The Kier molecular flexibility index (Phi) is 5.73. The third-order valence-electron chi connectivity index (χ3n) is 3.36. The number of aliphatic hydroxyl groups is 1. The van der Waals surface area contributed by atoms with Crippen molar-refractivity contribution in [2.45, 2.75) is 44.6 Å². The topological polar surface area (TPSA) is 47.9 Å². The van der Waals surface area contributed by atoms with Crippen LogP contribution in [0.2, 0.25) is 0 Å². The molecule has 1 saturated heterocycles. The van der Waals surface area contributed by atoms with Crippen molar-refractivity contribution in [1.29, 1.82) is 0 Å². The average Bonchev–Trinajstić information content (AvgIpc) is 2.48. The number of ether oxygens (including phenoxy) is 3. The van der Waals surface area contributed by atoms with Crippen molar-refractivity contribution in [3.05, 3.63) is 48.6 Å². The van der Waals surface area contributed by atoms with E-state index in [9.17, 15) is 5.11 Å². The van der Waals surface area contributed by atoms with Crippen molar-refractivity contribution < 1.29 is 19.3 Å². The minimum absolute atomic E-state index is 0.280. The van der Waals surface area contributed by atoms with E-state index in [-0.39, 0.29) is 18.5 Å². The molecule has 1 aromatic carbocycles. The fourth-order valence-corrected chi connectivity index (χ4v) is 2.24. The van der Waals surface area contributed by atoms with E-state index in [1.807, 2.05) is 37.3 Å². The van der Waals surface area contributed by atoms with Gasteiger partial charge in [0.05, 0.1) is 25.4 Å². The zero-order chi connectivity index (χ0) is 14.4. The Morgan fingerprint density at radius 2 is 2.10 bits per heavy atom. The number of aliphatic hydroxyl groups excluding tert-OH is 1. The van der Waals surface area contributed by atoms with E-state index in [0.29, 0.717) is 19.6 Å².